The van der Waals surface area contributed by atoms with E-state index >= 15 is 0 Å². The van der Waals surface area contributed by atoms with Crippen LogP contribution in [-0.4, -0.2) is 42.2 Å². The average molecular weight is 389 g/mol. The number of nitro benzene ring substituents is 1. The monoisotopic (exact) mass is 389 g/mol. The van der Waals surface area contributed by atoms with Crippen LogP contribution in [0.2, 0.25) is 0 Å². The van der Waals surface area contributed by atoms with Gasteiger partial charge in [-0.05, 0) is 6.07 Å². The number of benzene rings is 1. The Kier molecular flexibility index (Phi) is 5.64. The number of esters is 1. The van der Waals surface area contributed by atoms with Gasteiger partial charge in [0.15, 0.2) is 6.61 Å². The minimum Gasteiger partial charge on any atom is -0.452 e. The third kappa shape index (κ3) is 4.48. The highest BCUT2D eigenvalue weighted by atomic mass is 16.6. The molecule has 2 aromatic rings. The van der Waals surface area contributed by atoms with E-state index in [0.29, 0.717) is 37.8 Å². The van der Waals surface area contributed by atoms with Crippen molar-refractivity contribution in [3.8, 4) is 0 Å². The van der Waals surface area contributed by atoms with Crippen molar-refractivity contribution in [1.29, 1.82) is 0 Å². The lowest BCUT2D eigenvalue weighted by molar-refractivity contribution is -0.384. The van der Waals surface area contributed by atoms with Crippen molar-refractivity contribution in [2.75, 3.05) is 31.2 Å². The van der Waals surface area contributed by atoms with Gasteiger partial charge < -0.3 is 18.8 Å². The third-order valence-electron chi connectivity index (χ3n) is 4.38. The lowest BCUT2D eigenvalue weighted by Crippen LogP contribution is -2.37. The molecule has 1 aromatic heterocycles. The minimum atomic E-state index is -0.666. The first-order chi connectivity index (χ1) is 13.3. The largest absolute Gasteiger partial charge is 0.452 e. The first-order valence-corrected chi connectivity index (χ1v) is 8.99. The molecule has 28 heavy (non-hydrogen) atoms. The van der Waals surface area contributed by atoms with Gasteiger partial charge in [-0.1, -0.05) is 20.8 Å². The molecule has 0 N–H and O–H groups in total. The van der Waals surface area contributed by atoms with Gasteiger partial charge >= 0.3 is 5.97 Å². The van der Waals surface area contributed by atoms with Crippen LogP contribution in [0.15, 0.2) is 28.8 Å². The van der Waals surface area contributed by atoms with Crippen LogP contribution in [0.3, 0.4) is 0 Å². The number of aromatic nitrogens is 1. The highest BCUT2D eigenvalue weighted by Crippen LogP contribution is 2.28. The molecule has 150 valence electrons. The zero-order chi connectivity index (χ0) is 20.3. The predicted octanol–water partition coefficient (Wildman–Crippen LogP) is 3.07. The van der Waals surface area contributed by atoms with Gasteiger partial charge in [0.1, 0.15) is 5.76 Å². The van der Waals surface area contributed by atoms with Crippen molar-refractivity contribution >= 4 is 17.3 Å². The molecule has 1 aliphatic heterocycles. The summed E-state index contributed by atoms with van der Waals surface area (Å²) in [4.78, 5) is 29.4. The van der Waals surface area contributed by atoms with Gasteiger partial charge in [-0.2, -0.15) is 0 Å². The van der Waals surface area contributed by atoms with Gasteiger partial charge in [0.25, 0.3) is 5.69 Å². The van der Waals surface area contributed by atoms with E-state index in [1.165, 1.54) is 12.1 Å². The number of anilines is 1. The summed E-state index contributed by atoms with van der Waals surface area (Å²) < 4.78 is 16.3. The van der Waals surface area contributed by atoms with E-state index in [1.807, 2.05) is 25.7 Å². The third-order valence-corrected chi connectivity index (χ3v) is 4.38. The summed E-state index contributed by atoms with van der Waals surface area (Å²) >= 11 is 0. The molecule has 1 aliphatic rings. The maximum absolute atomic E-state index is 12.7. The minimum absolute atomic E-state index is 0.138. The second-order valence-electron chi connectivity index (χ2n) is 7.50. The highest BCUT2D eigenvalue weighted by molar-refractivity contribution is 5.96. The number of hydrogen-bond donors (Lipinski definition) is 0. The molecule has 0 bridgehead atoms. The fourth-order valence-electron chi connectivity index (χ4n) is 2.81. The number of rotatable bonds is 5. The summed E-state index contributed by atoms with van der Waals surface area (Å²) in [5.41, 5.74) is 0.342. The van der Waals surface area contributed by atoms with E-state index in [4.69, 9.17) is 13.9 Å². The van der Waals surface area contributed by atoms with Crippen molar-refractivity contribution in [2.45, 2.75) is 32.8 Å². The molecule has 9 nitrogen and oxygen atoms in total. The summed E-state index contributed by atoms with van der Waals surface area (Å²) in [6.45, 7) is 8.04. The van der Waals surface area contributed by atoms with Crippen LogP contribution >= 0.6 is 0 Å². The molecule has 0 unspecified atom stereocenters. The topological polar surface area (TPSA) is 108 Å². The van der Waals surface area contributed by atoms with Crippen LogP contribution in [-0.2, 0) is 21.5 Å². The molecule has 0 amide bonds. The van der Waals surface area contributed by atoms with E-state index in [1.54, 1.807) is 12.3 Å². The highest BCUT2D eigenvalue weighted by Gasteiger charge is 2.24. The molecule has 0 saturated carbocycles. The Morgan fingerprint density at radius 3 is 2.64 bits per heavy atom. The molecule has 9 heteroatoms. The lowest BCUT2D eigenvalue weighted by atomic mass is 9.94. The van der Waals surface area contributed by atoms with Crippen LogP contribution in [0.4, 0.5) is 11.4 Å². The van der Waals surface area contributed by atoms with Crippen LogP contribution in [0.1, 0.15) is 42.8 Å². The molecular weight excluding hydrogens is 366 g/mol. The molecule has 3 rings (SSSR count). The lowest BCUT2D eigenvalue weighted by Gasteiger charge is -2.30. The van der Waals surface area contributed by atoms with Crippen LogP contribution in [0.5, 0.6) is 0 Å². The molecular formula is C19H23N3O6. The Morgan fingerprint density at radius 1 is 1.32 bits per heavy atom. The second kappa shape index (κ2) is 7.97. The normalized spacial score (nSPS) is 14.8. The standard InChI is InChI=1S/C19H23N3O6/c1-19(2,3)16-11-20-17(28-16)12-27-18(23)14-10-13(22(24)25)4-5-15(14)21-6-8-26-9-7-21/h4-5,10-11H,6-9,12H2,1-3H3. The Labute approximate surface area is 162 Å². The maximum Gasteiger partial charge on any atom is 0.341 e. The van der Waals surface area contributed by atoms with E-state index in [9.17, 15) is 14.9 Å². The summed E-state index contributed by atoms with van der Waals surface area (Å²) in [6, 6.07) is 4.19. The number of carbonyl (C=O) groups is 1. The zero-order valence-corrected chi connectivity index (χ0v) is 16.1. The van der Waals surface area contributed by atoms with Crippen molar-refractivity contribution in [3.63, 3.8) is 0 Å². The number of nitro groups is 1. The van der Waals surface area contributed by atoms with Gasteiger partial charge in [0.2, 0.25) is 5.89 Å². The Bertz CT molecular complexity index is 865. The van der Waals surface area contributed by atoms with Gasteiger partial charge in [0.05, 0.1) is 35.6 Å². The van der Waals surface area contributed by atoms with E-state index in [0.717, 1.165) is 0 Å². The van der Waals surface area contributed by atoms with Gasteiger partial charge in [-0.3, -0.25) is 10.1 Å². The number of ether oxygens (including phenoxy) is 2. The van der Waals surface area contributed by atoms with Crippen molar-refractivity contribution in [2.24, 2.45) is 0 Å². The Hall–Kier alpha value is -2.94. The SMILES string of the molecule is CC(C)(C)c1cnc(COC(=O)c2cc([N+](=O)[O-])ccc2N2CCOCC2)o1. The van der Waals surface area contributed by atoms with E-state index < -0.39 is 10.9 Å². The number of hydrogen-bond acceptors (Lipinski definition) is 8. The second-order valence-corrected chi connectivity index (χ2v) is 7.50. The van der Waals surface area contributed by atoms with Crippen LogP contribution in [0, 0.1) is 10.1 Å². The summed E-state index contributed by atoms with van der Waals surface area (Å²) in [5, 5.41) is 11.1. The fraction of sp³-hybridized carbons (Fsp3) is 0.474. The van der Waals surface area contributed by atoms with Gasteiger partial charge in [-0.15, -0.1) is 0 Å². The van der Waals surface area contributed by atoms with Gasteiger partial charge in [-0.25, -0.2) is 9.78 Å². The molecule has 0 atom stereocenters. The number of nitrogens with zero attached hydrogens (tertiary/aromatic N) is 3. The predicted molar refractivity (Wildman–Crippen MR) is 100 cm³/mol. The summed E-state index contributed by atoms with van der Waals surface area (Å²) in [5.74, 6) is 0.292. The summed E-state index contributed by atoms with van der Waals surface area (Å²) in [6.07, 6.45) is 1.61. The Morgan fingerprint density at radius 2 is 2.04 bits per heavy atom. The molecule has 2 heterocycles. The average Bonchev–Trinajstić information content (AvgIpc) is 3.16. The van der Waals surface area contributed by atoms with Crippen molar-refractivity contribution < 1.29 is 23.6 Å². The molecule has 1 fully saturated rings. The molecule has 0 aliphatic carbocycles. The smallest absolute Gasteiger partial charge is 0.341 e. The van der Waals surface area contributed by atoms with Crippen LogP contribution in [0.25, 0.3) is 0 Å². The number of non-ortho nitro benzene ring substituents is 1. The van der Waals surface area contributed by atoms with Crippen LogP contribution < -0.4 is 4.90 Å². The quantitative estimate of drug-likeness (QED) is 0.436. The number of carbonyl (C=O) groups excluding carboxylic acids is 1. The van der Waals surface area contributed by atoms with Gasteiger partial charge in [0, 0.05) is 30.6 Å². The van der Waals surface area contributed by atoms with E-state index in [-0.39, 0.29) is 29.2 Å². The first-order valence-electron chi connectivity index (χ1n) is 8.99. The zero-order valence-electron chi connectivity index (χ0n) is 16.1. The molecule has 0 spiro atoms. The summed E-state index contributed by atoms with van der Waals surface area (Å²) in [7, 11) is 0. The maximum atomic E-state index is 12.7. The molecule has 1 aromatic carbocycles. The first kappa shape index (κ1) is 19.8. The Balaban J connectivity index is 1.79. The number of morpholine rings is 1. The van der Waals surface area contributed by atoms with E-state index in [2.05, 4.69) is 4.98 Å². The fourth-order valence-corrected chi connectivity index (χ4v) is 2.81. The number of oxazole rings is 1. The van der Waals surface area contributed by atoms with Crippen molar-refractivity contribution in [1.82, 2.24) is 4.98 Å². The molecule has 1 saturated heterocycles. The van der Waals surface area contributed by atoms with Crippen molar-refractivity contribution in [3.05, 3.63) is 51.7 Å². The molecule has 0 radical (unpaired) electrons.